The summed E-state index contributed by atoms with van der Waals surface area (Å²) in [6, 6.07) is 0. The molecule has 216 valence electrons. The standard InChI is InChI=1S/C29H60NO5P/c1-5-6-7-8-9-10-11-12-13-14-15-16-17-18-19-20-21-22-23-24-26-33-28-29-35-36(31,32)34-27-25-30(2,3)4/h12-13H,5-11,14-29H2,1-4H3/p+1. The average molecular weight is 535 g/mol. The summed E-state index contributed by atoms with van der Waals surface area (Å²) in [5.74, 6) is 0. The zero-order valence-electron chi connectivity index (χ0n) is 24.4. The molecule has 0 aliphatic rings. The fourth-order valence-corrected chi connectivity index (χ4v) is 4.63. The topological polar surface area (TPSA) is 65.0 Å². The van der Waals surface area contributed by atoms with Gasteiger partial charge in [-0.3, -0.25) is 9.05 Å². The second-order valence-corrected chi connectivity index (χ2v) is 12.6. The van der Waals surface area contributed by atoms with Crippen LogP contribution in [-0.2, 0) is 18.3 Å². The molecule has 1 N–H and O–H groups in total. The molecular weight excluding hydrogens is 473 g/mol. The van der Waals surface area contributed by atoms with Gasteiger partial charge in [0.05, 0.1) is 34.4 Å². The van der Waals surface area contributed by atoms with Crippen molar-refractivity contribution in [3.63, 3.8) is 0 Å². The lowest BCUT2D eigenvalue weighted by Crippen LogP contribution is -2.37. The van der Waals surface area contributed by atoms with Crippen LogP contribution in [0.1, 0.15) is 122 Å². The number of nitrogens with zero attached hydrogens (tertiary/aromatic N) is 1. The van der Waals surface area contributed by atoms with Crippen molar-refractivity contribution >= 4 is 7.82 Å². The maximum absolute atomic E-state index is 11.8. The molecule has 0 bridgehead atoms. The number of hydrogen-bond acceptors (Lipinski definition) is 4. The Kier molecular flexibility index (Phi) is 24.9. The van der Waals surface area contributed by atoms with Crippen molar-refractivity contribution in [1.29, 1.82) is 0 Å². The molecule has 0 radical (unpaired) electrons. The lowest BCUT2D eigenvalue weighted by atomic mass is 10.1. The van der Waals surface area contributed by atoms with Crippen LogP contribution in [0, 0.1) is 0 Å². The number of phosphoric ester groups is 1. The first-order valence-electron chi connectivity index (χ1n) is 14.9. The lowest BCUT2D eigenvalue weighted by molar-refractivity contribution is -0.870. The number of rotatable bonds is 28. The fourth-order valence-electron chi connectivity index (χ4n) is 3.94. The molecule has 0 aliphatic heterocycles. The molecule has 1 atom stereocenters. The maximum atomic E-state index is 11.8. The normalized spacial score (nSPS) is 14.0. The highest BCUT2D eigenvalue weighted by Crippen LogP contribution is 2.42. The molecule has 7 heteroatoms. The zero-order chi connectivity index (χ0) is 26.8. The minimum absolute atomic E-state index is 0.0770. The van der Waals surface area contributed by atoms with Crippen LogP contribution in [0.25, 0.3) is 0 Å². The van der Waals surface area contributed by atoms with Crippen molar-refractivity contribution < 1.29 is 27.7 Å². The van der Waals surface area contributed by atoms with E-state index in [4.69, 9.17) is 13.8 Å². The fraction of sp³-hybridized carbons (Fsp3) is 0.931. The van der Waals surface area contributed by atoms with Gasteiger partial charge >= 0.3 is 7.82 Å². The highest BCUT2D eigenvalue weighted by molar-refractivity contribution is 7.47. The SMILES string of the molecule is CCCCCCCCC=CCCCCCCCCCCCCOCCOP(=O)(O)OCC[N+](C)(C)C. The number of quaternary nitrogens is 1. The van der Waals surface area contributed by atoms with Crippen LogP contribution in [0.4, 0.5) is 0 Å². The van der Waals surface area contributed by atoms with Crippen molar-refractivity contribution in [1.82, 2.24) is 0 Å². The van der Waals surface area contributed by atoms with E-state index < -0.39 is 7.82 Å². The van der Waals surface area contributed by atoms with Gasteiger partial charge in [-0.25, -0.2) is 4.57 Å². The molecular formula is C29H61NO5P+. The summed E-state index contributed by atoms with van der Waals surface area (Å²) in [7, 11) is 2.03. The van der Waals surface area contributed by atoms with Gasteiger partial charge in [0.25, 0.3) is 0 Å². The van der Waals surface area contributed by atoms with E-state index in [0.717, 1.165) is 6.42 Å². The number of hydrogen-bond donors (Lipinski definition) is 1. The minimum Gasteiger partial charge on any atom is -0.379 e. The zero-order valence-corrected chi connectivity index (χ0v) is 25.3. The molecule has 0 heterocycles. The molecule has 0 amide bonds. The monoisotopic (exact) mass is 534 g/mol. The Morgan fingerprint density at radius 3 is 1.56 bits per heavy atom. The molecule has 0 aromatic carbocycles. The van der Waals surface area contributed by atoms with E-state index in [2.05, 4.69) is 19.1 Å². The Bertz CT molecular complexity index is 536. The van der Waals surface area contributed by atoms with Gasteiger partial charge in [-0.2, -0.15) is 0 Å². The van der Waals surface area contributed by atoms with Crippen molar-refractivity contribution in [2.24, 2.45) is 0 Å². The quantitative estimate of drug-likeness (QED) is 0.0472. The van der Waals surface area contributed by atoms with Crippen LogP contribution in [0.15, 0.2) is 12.2 Å². The maximum Gasteiger partial charge on any atom is 0.472 e. The van der Waals surface area contributed by atoms with E-state index in [1.165, 1.54) is 109 Å². The molecule has 0 spiro atoms. The first-order valence-corrected chi connectivity index (χ1v) is 16.4. The lowest BCUT2D eigenvalue weighted by Gasteiger charge is -2.24. The van der Waals surface area contributed by atoms with Gasteiger partial charge in [0.1, 0.15) is 13.2 Å². The van der Waals surface area contributed by atoms with Gasteiger partial charge in [-0.15, -0.1) is 0 Å². The third-order valence-electron chi connectivity index (χ3n) is 6.30. The van der Waals surface area contributed by atoms with Crippen LogP contribution in [0.3, 0.4) is 0 Å². The Labute approximate surface area is 224 Å². The highest BCUT2D eigenvalue weighted by atomic mass is 31.2. The van der Waals surface area contributed by atoms with Crippen LogP contribution in [0.2, 0.25) is 0 Å². The molecule has 0 aromatic heterocycles. The molecule has 0 aliphatic carbocycles. The van der Waals surface area contributed by atoms with Gasteiger partial charge in [-0.1, -0.05) is 103 Å². The molecule has 0 saturated heterocycles. The largest absolute Gasteiger partial charge is 0.472 e. The molecule has 0 rings (SSSR count). The Morgan fingerprint density at radius 1 is 0.611 bits per heavy atom. The Morgan fingerprint density at radius 2 is 1.06 bits per heavy atom. The smallest absolute Gasteiger partial charge is 0.379 e. The Hall–Kier alpha value is -0.230. The van der Waals surface area contributed by atoms with Crippen molar-refractivity contribution in [2.75, 3.05) is 54.1 Å². The van der Waals surface area contributed by atoms with Crippen LogP contribution >= 0.6 is 7.82 Å². The number of ether oxygens (including phenoxy) is 1. The van der Waals surface area contributed by atoms with E-state index in [0.29, 0.717) is 24.2 Å². The second kappa shape index (κ2) is 25.1. The summed E-state index contributed by atoms with van der Waals surface area (Å²) in [4.78, 5) is 9.63. The minimum atomic E-state index is -3.97. The van der Waals surface area contributed by atoms with Crippen LogP contribution in [0.5, 0.6) is 0 Å². The Balaban J connectivity index is 3.26. The molecule has 36 heavy (non-hydrogen) atoms. The highest BCUT2D eigenvalue weighted by Gasteiger charge is 2.22. The predicted octanol–water partition coefficient (Wildman–Crippen LogP) is 8.44. The van der Waals surface area contributed by atoms with Gasteiger partial charge in [0.15, 0.2) is 0 Å². The predicted molar refractivity (Wildman–Crippen MR) is 153 cm³/mol. The summed E-state index contributed by atoms with van der Waals surface area (Å²) >= 11 is 0. The number of unbranched alkanes of at least 4 members (excludes halogenated alkanes) is 16. The third kappa shape index (κ3) is 30.0. The van der Waals surface area contributed by atoms with E-state index in [-0.39, 0.29) is 13.2 Å². The molecule has 0 saturated carbocycles. The van der Waals surface area contributed by atoms with E-state index >= 15 is 0 Å². The molecule has 6 nitrogen and oxygen atoms in total. The van der Waals surface area contributed by atoms with E-state index in [1.807, 2.05) is 21.1 Å². The van der Waals surface area contributed by atoms with Gasteiger partial charge < -0.3 is 14.1 Å². The third-order valence-corrected chi connectivity index (χ3v) is 7.32. The van der Waals surface area contributed by atoms with E-state index in [1.54, 1.807) is 0 Å². The summed E-state index contributed by atoms with van der Waals surface area (Å²) < 4.78 is 27.9. The summed E-state index contributed by atoms with van der Waals surface area (Å²) in [5.41, 5.74) is 0. The first-order chi connectivity index (χ1) is 17.3. The number of allylic oxidation sites excluding steroid dienone is 2. The number of likely N-dealkylation sites (N-methyl/N-ethyl adjacent to an activating group) is 1. The van der Waals surface area contributed by atoms with Crippen molar-refractivity contribution in [3.8, 4) is 0 Å². The summed E-state index contributed by atoms with van der Waals surface area (Å²) in [5, 5.41) is 0. The van der Waals surface area contributed by atoms with Crippen LogP contribution < -0.4 is 0 Å². The summed E-state index contributed by atoms with van der Waals surface area (Å²) in [6.45, 7) is 4.18. The van der Waals surface area contributed by atoms with Crippen molar-refractivity contribution in [2.45, 2.75) is 122 Å². The average Bonchev–Trinajstić information content (AvgIpc) is 2.80. The molecule has 1 unspecified atom stereocenters. The first kappa shape index (κ1) is 35.8. The summed E-state index contributed by atoms with van der Waals surface area (Å²) in [6.07, 6.45) is 28.6. The second-order valence-electron chi connectivity index (χ2n) is 11.1. The van der Waals surface area contributed by atoms with Crippen LogP contribution in [-0.4, -0.2) is 63.5 Å². The van der Waals surface area contributed by atoms with Gasteiger partial charge in [0, 0.05) is 6.61 Å². The van der Waals surface area contributed by atoms with Crippen molar-refractivity contribution in [3.05, 3.63) is 12.2 Å². The molecule has 0 fully saturated rings. The van der Waals surface area contributed by atoms with Gasteiger partial charge in [0.2, 0.25) is 0 Å². The number of phosphoric acid groups is 1. The van der Waals surface area contributed by atoms with Gasteiger partial charge in [-0.05, 0) is 32.1 Å². The molecule has 0 aromatic rings. The van der Waals surface area contributed by atoms with E-state index in [9.17, 15) is 9.46 Å².